The van der Waals surface area contributed by atoms with E-state index in [0.29, 0.717) is 12.1 Å². The largest absolute Gasteiger partial charge is 0.356 e. The van der Waals surface area contributed by atoms with E-state index in [1.54, 1.807) is 6.20 Å². The molecule has 0 aliphatic rings. The Morgan fingerprint density at radius 3 is 2.65 bits per heavy atom. The highest BCUT2D eigenvalue weighted by Gasteiger charge is 2.08. The summed E-state index contributed by atoms with van der Waals surface area (Å²) in [6.45, 7) is 0.314. The second-order valence-electron chi connectivity index (χ2n) is 5.10. The summed E-state index contributed by atoms with van der Waals surface area (Å²) in [5.41, 5.74) is 10.8. The molecule has 0 aliphatic heterocycles. The monoisotopic (exact) mass is 300 g/mol. The van der Waals surface area contributed by atoms with Crippen molar-refractivity contribution in [2.45, 2.75) is 6.54 Å². The molecule has 4 nitrogen and oxygen atoms in total. The molecule has 0 amide bonds. The Bertz CT molecular complexity index is 870. The number of rotatable bonds is 4. The van der Waals surface area contributed by atoms with Gasteiger partial charge < -0.3 is 10.7 Å². The number of nitrogens with zero attached hydrogens (tertiary/aromatic N) is 2. The standard InChI is InChI=1S/C19H16N4/c20-12-16-11-18(23-19(16)13-21)15-8-9-22-17(10-15)7-6-14-4-2-1-3-5-14/h1-11,23H,13,21H2/b7-6+. The van der Waals surface area contributed by atoms with Gasteiger partial charge in [0.15, 0.2) is 0 Å². The molecular formula is C19H16N4. The summed E-state index contributed by atoms with van der Waals surface area (Å²) in [4.78, 5) is 7.56. The van der Waals surface area contributed by atoms with E-state index >= 15 is 0 Å². The lowest BCUT2D eigenvalue weighted by atomic mass is 10.1. The highest BCUT2D eigenvalue weighted by atomic mass is 14.8. The summed E-state index contributed by atoms with van der Waals surface area (Å²) in [5.74, 6) is 0. The summed E-state index contributed by atoms with van der Waals surface area (Å²) in [7, 11) is 0. The molecule has 0 unspecified atom stereocenters. The van der Waals surface area contributed by atoms with Crippen molar-refractivity contribution in [3.63, 3.8) is 0 Å². The smallest absolute Gasteiger partial charge is 0.101 e. The van der Waals surface area contributed by atoms with Crippen LogP contribution in [0.1, 0.15) is 22.5 Å². The van der Waals surface area contributed by atoms with E-state index in [0.717, 1.165) is 28.2 Å². The predicted octanol–water partition coefficient (Wildman–Crippen LogP) is 3.58. The predicted molar refractivity (Wildman–Crippen MR) is 92.0 cm³/mol. The van der Waals surface area contributed by atoms with Crippen molar-refractivity contribution in [2.75, 3.05) is 0 Å². The molecule has 0 radical (unpaired) electrons. The van der Waals surface area contributed by atoms with Gasteiger partial charge >= 0.3 is 0 Å². The number of H-pyrrole nitrogens is 1. The summed E-state index contributed by atoms with van der Waals surface area (Å²) in [5, 5.41) is 9.13. The Kier molecular flexibility index (Phi) is 4.32. The number of aromatic nitrogens is 2. The fraction of sp³-hybridized carbons (Fsp3) is 0.0526. The quantitative estimate of drug-likeness (QED) is 0.773. The number of benzene rings is 1. The number of hydrogen-bond acceptors (Lipinski definition) is 3. The molecule has 0 saturated heterocycles. The van der Waals surface area contributed by atoms with Crippen LogP contribution in [0, 0.1) is 11.3 Å². The number of aromatic amines is 1. The van der Waals surface area contributed by atoms with Crippen molar-refractivity contribution in [3.8, 4) is 17.3 Å². The summed E-state index contributed by atoms with van der Waals surface area (Å²) in [6, 6.07) is 17.9. The number of pyridine rings is 1. The average molecular weight is 300 g/mol. The van der Waals surface area contributed by atoms with Crippen LogP contribution in [0.3, 0.4) is 0 Å². The summed E-state index contributed by atoms with van der Waals surface area (Å²) >= 11 is 0. The highest BCUT2D eigenvalue weighted by molar-refractivity contribution is 5.71. The molecule has 0 fully saturated rings. The SMILES string of the molecule is N#Cc1cc(-c2ccnc(/C=C/c3ccccc3)c2)[nH]c1CN. The maximum absolute atomic E-state index is 9.13. The molecular weight excluding hydrogens is 284 g/mol. The van der Waals surface area contributed by atoms with Crippen LogP contribution in [0.25, 0.3) is 23.4 Å². The van der Waals surface area contributed by atoms with Crippen LogP contribution in [0.4, 0.5) is 0 Å². The normalized spacial score (nSPS) is 10.8. The summed E-state index contributed by atoms with van der Waals surface area (Å²) in [6.07, 6.45) is 5.75. The van der Waals surface area contributed by atoms with Gasteiger partial charge in [-0.3, -0.25) is 4.98 Å². The molecule has 2 aromatic heterocycles. The zero-order valence-corrected chi connectivity index (χ0v) is 12.5. The average Bonchev–Trinajstić information content (AvgIpc) is 3.04. The molecule has 0 saturated carbocycles. The van der Waals surface area contributed by atoms with Gasteiger partial charge in [-0.25, -0.2) is 0 Å². The Morgan fingerprint density at radius 1 is 1.13 bits per heavy atom. The second kappa shape index (κ2) is 6.73. The van der Waals surface area contributed by atoms with Crippen LogP contribution in [0.5, 0.6) is 0 Å². The van der Waals surface area contributed by atoms with Gasteiger partial charge in [-0.1, -0.05) is 36.4 Å². The first-order chi connectivity index (χ1) is 11.3. The molecule has 112 valence electrons. The van der Waals surface area contributed by atoms with Gasteiger partial charge in [0.25, 0.3) is 0 Å². The van der Waals surface area contributed by atoms with Gasteiger partial charge in [-0.05, 0) is 29.8 Å². The number of nitrogens with one attached hydrogen (secondary N) is 1. The Hall–Kier alpha value is -3.16. The number of nitriles is 1. The van der Waals surface area contributed by atoms with Crippen LogP contribution >= 0.6 is 0 Å². The molecule has 4 heteroatoms. The molecule has 0 aliphatic carbocycles. The van der Waals surface area contributed by atoms with E-state index in [2.05, 4.69) is 16.0 Å². The van der Waals surface area contributed by atoms with E-state index in [-0.39, 0.29) is 0 Å². The molecule has 0 spiro atoms. The van der Waals surface area contributed by atoms with Crippen molar-refractivity contribution >= 4 is 12.2 Å². The first kappa shape index (κ1) is 14.8. The molecule has 0 atom stereocenters. The van der Waals surface area contributed by atoms with Gasteiger partial charge in [-0.15, -0.1) is 0 Å². The molecule has 3 aromatic rings. The van der Waals surface area contributed by atoms with Crippen molar-refractivity contribution < 1.29 is 0 Å². The minimum atomic E-state index is 0.314. The molecule has 3 N–H and O–H groups in total. The van der Waals surface area contributed by atoms with Crippen molar-refractivity contribution in [3.05, 3.63) is 77.2 Å². The third-order valence-corrected chi connectivity index (χ3v) is 3.56. The minimum absolute atomic E-state index is 0.314. The van der Waals surface area contributed by atoms with E-state index in [4.69, 9.17) is 11.0 Å². The van der Waals surface area contributed by atoms with Crippen LogP contribution in [-0.2, 0) is 6.54 Å². The van der Waals surface area contributed by atoms with Gasteiger partial charge in [0.05, 0.1) is 11.3 Å². The van der Waals surface area contributed by atoms with E-state index in [1.165, 1.54) is 0 Å². The highest BCUT2D eigenvalue weighted by Crippen LogP contribution is 2.22. The molecule has 0 bridgehead atoms. The zero-order valence-electron chi connectivity index (χ0n) is 12.5. The van der Waals surface area contributed by atoms with Gasteiger partial charge in [0, 0.05) is 29.7 Å². The van der Waals surface area contributed by atoms with E-state index in [1.807, 2.05) is 60.7 Å². The second-order valence-corrected chi connectivity index (χ2v) is 5.10. The van der Waals surface area contributed by atoms with E-state index < -0.39 is 0 Å². The van der Waals surface area contributed by atoms with Crippen molar-refractivity contribution in [1.82, 2.24) is 9.97 Å². The lowest BCUT2D eigenvalue weighted by molar-refractivity contribution is 1.01. The Labute approximate surface area is 134 Å². The zero-order chi connectivity index (χ0) is 16.1. The van der Waals surface area contributed by atoms with Crippen LogP contribution in [-0.4, -0.2) is 9.97 Å². The minimum Gasteiger partial charge on any atom is -0.356 e. The maximum Gasteiger partial charge on any atom is 0.101 e. The van der Waals surface area contributed by atoms with E-state index in [9.17, 15) is 0 Å². The molecule has 2 heterocycles. The Balaban J connectivity index is 1.90. The van der Waals surface area contributed by atoms with Gasteiger partial charge in [-0.2, -0.15) is 5.26 Å². The van der Waals surface area contributed by atoms with Gasteiger partial charge in [0.1, 0.15) is 6.07 Å². The first-order valence-electron chi connectivity index (χ1n) is 7.32. The summed E-state index contributed by atoms with van der Waals surface area (Å²) < 4.78 is 0. The fourth-order valence-corrected chi connectivity index (χ4v) is 2.37. The van der Waals surface area contributed by atoms with Crippen LogP contribution in [0.15, 0.2) is 54.7 Å². The third kappa shape index (κ3) is 3.37. The number of nitrogens with two attached hydrogens (primary N) is 1. The lowest BCUT2D eigenvalue weighted by Gasteiger charge is -2.00. The molecule has 3 rings (SSSR count). The number of hydrogen-bond donors (Lipinski definition) is 2. The fourth-order valence-electron chi connectivity index (χ4n) is 2.37. The topological polar surface area (TPSA) is 78.5 Å². The Morgan fingerprint density at radius 2 is 1.96 bits per heavy atom. The molecule has 1 aromatic carbocycles. The maximum atomic E-state index is 9.13. The van der Waals surface area contributed by atoms with Crippen molar-refractivity contribution in [2.24, 2.45) is 5.73 Å². The lowest BCUT2D eigenvalue weighted by Crippen LogP contribution is -1.98. The van der Waals surface area contributed by atoms with Crippen LogP contribution in [0.2, 0.25) is 0 Å². The van der Waals surface area contributed by atoms with Gasteiger partial charge in [0.2, 0.25) is 0 Å². The van der Waals surface area contributed by atoms with Crippen LogP contribution < -0.4 is 5.73 Å². The molecule has 23 heavy (non-hydrogen) atoms. The first-order valence-corrected chi connectivity index (χ1v) is 7.32. The third-order valence-electron chi connectivity index (χ3n) is 3.56. The van der Waals surface area contributed by atoms with Crippen molar-refractivity contribution in [1.29, 1.82) is 5.26 Å².